The summed E-state index contributed by atoms with van der Waals surface area (Å²) in [6.45, 7) is 36.9. The van der Waals surface area contributed by atoms with E-state index in [2.05, 4.69) is 166 Å². The molecule has 0 unspecified atom stereocenters. The summed E-state index contributed by atoms with van der Waals surface area (Å²) in [5, 5.41) is 44.5. The summed E-state index contributed by atoms with van der Waals surface area (Å²) >= 11 is 0. The predicted octanol–water partition coefficient (Wildman–Crippen LogP) is 18.7. The molecular weight excluding hydrogens is 833 g/mol. The van der Waals surface area contributed by atoms with Crippen LogP contribution in [0.2, 0.25) is 0 Å². The Morgan fingerprint density at radius 3 is 0.882 bits per heavy atom. The maximum Gasteiger partial charge on any atom is 0.123 e. The Balaban J connectivity index is 0.000000361. The second-order valence-corrected chi connectivity index (χ2v) is 24.7. The number of unbranched alkanes of at least 4 members (excludes halogenated alkanes) is 12. The first-order chi connectivity index (χ1) is 31.6. The molecule has 4 aromatic rings. The molecule has 4 rings (SSSR count). The minimum Gasteiger partial charge on any atom is -0.507 e. The molecule has 0 heterocycles. The van der Waals surface area contributed by atoms with Gasteiger partial charge in [0.05, 0.1) is 0 Å². The lowest BCUT2D eigenvalue weighted by atomic mass is 9.73. The van der Waals surface area contributed by atoms with Crippen LogP contribution in [0.1, 0.15) is 273 Å². The largest absolute Gasteiger partial charge is 0.507 e. The Labute approximate surface area is 417 Å². The summed E-state index contributed by atoms with van der Waals surface area (Å²) in [6.07, 6.45) is 21.3. The van der Waals surface area contributed by atoms with Gasteiger partial charge in [0.25, 0.3) is 0 Å². The maximum absolute atomic E-state index is 11.2. The van der Waals surface area contributed by atoms with Crippen LogP contribution in [0.4, 0.5) is 0 Å². The topological polar surface area (TPSA) is 80.9 Å². The van der Waals surface area contributed by atoms with Crippen LogP contribution in [-0.2, 0) is 40.9 Å². The zero-order valence-electron chi connectivity index (χ0n) is 46.7. The number of phenols is 4. The summed E-state index contributed by atoms with van der Waals surface area (Å²) in [6, 6.07) is 17.3. The van der Waals surface area contributed by atoms with Crippen LogP contribution < -0.4 is 0 Å². The van der Waals surface area contributed by atoms with Crippen molar-refractivity contribution >= 4 is 0 Å². The molecule has 0 saturated heterocycles. The molecule has 0 bridgehead atoms. The summed E-state index contributed by atoms with van der Waals surface area (Å²) in [5.41, 5.74) is 12.1. The van der Waals surface area contributed by atoms with Crippen LogP contribution in [0.15, 0.2) is 48.5 Å². The lowest BCUT2D eigenvalue weighted by molar-refractivity contribution is 0.422. The fourth-order valence-electron chi connectivity index (χ4n) is 9.94. The molecule has 0 radical (unpaired) electrons. The summed E-state index contributed by atoms with van der Waals surface area (Å²) in [5.74, 6) is 1.87. The van der Waals surface area contributed by atoms with Gasteiger partial charge in [0.2, 0.25) is 0 Å². The molecule has 380 valence electrons. The third kappa shape index (κ3) is 17.2. The monoisotopic (exact) mass is 933 g/mol. The van der Waals surface area contributed by atoms with Gasteiger partial charge in [-0.2, -0.15) is 0 Å². The van der Waals surface area contributed by atoms with E-state index in [1.807, 2.05) is 0 Å². The van der Waals surface area contributed by atoms with Crippen LogP contribution in [-0.4, -0.2) is 20.4 Å². The molecule has 0 saturated carbocycles. The molecule has 4 heteroatoms. The van der Waals surface area contributed by atoms with Crippen molar-refractivity contribution in [1.29, 1.82) is 0 Å². The number of phenolic OH excluding ortho intramolecular Hbond substituents is 4. The van der Waals surface area contributed by atoms with Gasteiger partial charge in [0, 0.05) is 12.3 Å². The molecule has 4 nitrogen and oxygen atoms in total. The first-order valence-electron chi connectivity index (χ1n) is 27.0. The second kappa shape index (κ2) is 25.8. The van der Waals surface area contributed by atoms with Crippen LogP contribution in [0.5, 0.6) is 23.0 Å². The van der Waals surface area contributed by atoms with E-state index in [1.54, 1.807) is 0 Å². The van der Waals surface area contributed by atoms with Crippen molar-refractivity contribution in [3.8, 4) is 23.0 Å². The Hall–Kier alpha value is -3.92. The van der Waals surface area contributed by atoms with Gasteiger partial charge >= 0.3 is 0 Å². The fraction of sp³-hybridized carbons (Fsp3) is 0.625. The molecule has 0 aliphatic rings. The average Bonchev–Trinajstić information content (AvgIpc) is 3.22. The molecule has 0 aliphatic heterocycles. The Bertz CT molecular complexity index is 1950. The van der Waals surface area contributed by atoms with E-state index in [4.69, 9.17) is 0 Å². The fourth-order valence-corrected chi connectivity index (χ4v) is 9.94. The first kappa shape index (κ1) is 58.4. The molecule has 0 spiro atoms. The van der Waals surface area contributed by atoms with E-state index in [0.717, 1.165) is 76.6 Å². The molecule has 0 amide bonds. The molecule has 68 heavy (non-hydrogen) atoms. The van der Waals surface area contributed by atoms with Crippen molar-refractivity contribution in [2.45, 2.75) is 261 Å². The van der Waals surface area contributed by atoms with Gasteiger partial charge in [0.1, 0.15) is 23.0 Å². The van der Waals surface area contributed by atoms with Gasteiger partial charge in [0.15, 0.2) is 0 Å². The van der Waals surface area contributed by atoms with Crippen molar-refractivity contribution < 1.29 is 20.4 Å². The number of hydrogen-bond donors (Lipinski definition) is 4. The number of rotatable bonds is 21. The van der Waals surface area contributed by atoms with Gasteiger partial charge in [-0.05, 0) is 123 Å². The highest BCUT2D eigenvalue weighted by Gasteiger charge is 2.31. The molecule has 0 aromatic heterocycles. The van der Waals surface area contributed by atoms with Crippen LogP contribution in [0.3, 0.4) is 0 Å². The van der Waals surface area contributed by atoms with Crippen LogP contribution in [0.25, 0.3) is 0 Å². The van der Waals surface area contributed by atoms with E-state index in [0.29, 0.717) is 29.4 Å². The lowest BCUT2D eigenvalue weighted by Gasteiger charge is -2.32. The summed E-state index contributed by atoms with van der Waals surface area (Å²) in [7, 11) is 0. The van der Waals surface area contributed by atoms with Gasteiger partial charge in [-0.25, -0.2) is 0 Å². The van der Waals surface area contributed by atoms with E-state index in [9.17, 15) is 20.4 Å². The number of hydrogen-bond acceptors (Lipinski definition) is 4. The van der Waals surface area contributed by atoms with Crippen molar-refractivity contribution in [2.24, 2.45) is 0 Å². The molecule has 0 aliphatic carbocycles. The van der Waals surface area contributed by atoms with Crippen molar-refractivity contribution in [2.75, 3.05) is 0 Å². The number of aromatic hydroxyl groups is 4. The Morgan fingerprint density at radius 2 is 0.618 bits per heavy atom. The zero-order valence-corrected chi connectivity index (χ0v) is 46.7. The van der Waals surface area contributed by atoms with E-state index < -0.39 is 0 Å². The third-order valence-electron chi connectivity index (χ3n) is 14.0. The van der Waals surface area contributed by atoms with Gasteiger partial charge in [-0.1, -0.05) is 241 Å². The Kier molecular flexibility index (Phi) is 22.2. The summed E-state index contributed by atoms with van der Waals surface area (Å²) in [4.78, 5) is 0. The maximum atomic E-state index is 11.2. The minimum absolute atomic E-state index is 0.166. The molecule has 0 fully saturated rings. The quantitative estimate of drug-likeness (QED) is 0.0628. The molecule has 4 N–H and O–H groups in total. The molecular formula is C64H100O4. The standard InChI is InChI=1S/C33H52O2.C31H48O2/c1-5-7-9-11-13-15-17-19-28-21-26(3)23-30(32(28)34)25-31-24-27(4)22-29(33(31)35)20-18-16-14-12-10-8-6-2;1-14-21(19-15-22(28(2,3)4)26(32)23(16-19)29(5,6)7)20-17-24(30(8,9)10)27(33)25(18-20)31(11,12)13/h21-24,34-35H,5-20,25H2,1-4H3;15-18,21,32-33H,14H2,1-13H3. The van der Waals surface area contributed by atoms with Crippen molar-refractivity contribution in [3.05, 3.63) is 115 Å². The predicted molar refractivity (Wildman–Crippen MR) is 295 cm³/mol. The van der Waals surface area contributed by atoms with E-state index >= 15 is 0 Å². The highest BCUT2D eigenvalue weighted by atomic mass is 16.3. The normalized spacial score (nSPS) is 12.4. The third-order valence-corrected chi connectivity index (χ3v) is 14.0. The highest BCUT2D eigenvalue weighted by Crippen LogP contribution is 2.46. The average molecular weight is 933 g/mol. The smallest absolute Gasteiger partial charge is 0.123 e. The minimum atomic E-state index is -0.166. The lowest BCUT2D eigenvalue weighted by Crippen LogP contribution is -2.20. The molecule has 4 aromatic carbocycles. The van der Waals surface area contributed by atoms with Crippen LogP contribution in [0, 0.1) is 13.8 Å². The summed E-state index contributed by atoms with van der Waals surface area (Å²) < 4.78 is 0. The zero-order chi connectivity index (χ0) is 51.2. The molecule has 0 atom stereocenters. The highest BCUT2D eigenvalue weighted by molar-refractivity contribution is 5.56. The van der Waals surface area contributed by atoms with Crippen molar-refractivity contribution in [3.63, 3.8) is 0 Å². The second-order valence-electron chi connectivity index (χ2n) is 24.7. The van der Waals surface area contributed by atoms with E-state index in [1.165, 1.54) is 99.3 Å². The van der Waals surface area contributed by atoms with E-state index in [-0.39, 0.29) is 27.6 Å². The SMILES string of the molecule is CCC(c1cc(C(C)(C)C)c(O)c(C(C)(C)C)c1)c1cc(C(C)(C)C)c(O)c(C(C)(C)C)c1.CCCCCCCCCc1cc(C)cc(Cc2cc(C)cc(CCCCCCCCC)c2O)c1O. The number of benzene rings is 4. The van der Waals surface area contributed by atoms with Crippen molar-refractivity contribution in [1.82, 2.24) is 0 Å². The van der Waals surface area contributed by atoms with Crippen LogP contribution >= 0.6 is 0 Å². The van der Waals surface area contributed by atoms with Gasteiger partial charge < -0.3 is 20.4 Å². The van der Waals surface area contributed by atoms with Gasteiger partial charge in [-0.3, -0.25) is 0 Å². The Morgan fingerprint density at radius 1 is 0.353 bits per heavy atom. The van der Waals surface area contributed by atoms with Gasteiger partial charge in [-0.15, -0.1) is 0 Å². The first-order valence-corrected chi connectivity index (χ1v) is 27.0. The number of aryl methyl sites for hydroxylation is 4.